The third kappa shape index (κ3) is 5.80. The van der Waals surface area contributed by atoms with E-state index in [0.29, 0.717) is 31.8 Å². The lowest BCUT2D eigenvalue weighted by molar-refractivity contribution is -0.123. The molecule has 0 unspecified atom stereocenters. The number of nitrogens with zero attached hydrogens (tertiary/aromatic N) is 1. The highest BCUT2D eigenvalue weighted by molar-refractivity contribution is 7.89. The van der Waals surface area contributed by atoms with E-state index in [2.05, 4.69) is 5.32 Å². The van der Waals surface area contributed by atoms with E-state index >= 15 is 0 Å². The number of hydrogen-bond donors (Lipinski definition) is 1. The first kappa shape index (κ1) is 17.7. The molecule has 1 amide bonds. The van der Waals surface area contributed by atoms with E-state index in [4.69, 9.17) is 4.74 Å². The standard InChI is InChI=1S/C15H21FN2O4S/c16-13-4-6-14(7-5-13)22-12-15(19)17-8-3-10-18-9-1-2-11-23(18,20)21/h4-7H,1-3,8-12H2,(H,17,19). The molecule has 1 heterocycles. The maximum Gasteiger partial charge on any atom is 0.257 e. The second kappa shape index (κ2) is 8.26. The van der Waals surface area contributed by atoms with Crippen LogP contribution in [0.25, 0.3) is 0 Å². The van der Waals surface area contributed by atoms with Gasteiger partial charge in [0.25, 0.3) is 5.91 Å². The summed E-state index contributed by atoms with van der Waals surface area (Å²) < 4.78 is 43.0. The lowest BCUT2D eigenvalue weighted by Crippen LogP contribution is -2.39. The Morgan fingerprint density at radius 3 is 2.70 bits per heavy atom. The molecule has 0 saturated carbocycles. The number of nitrogens with one attached hydrogen (secondary N) is 1. The van der Waals surface area contributed by atoms with Gasteiger partial charge in [-0.05, 0) is 43.5 Å². The van der Waals surface area contributed by atoms with Gasteiger partial charge < -0.3 is 10.1 Å². The summed E-state index contributed by atoms with van der Waals surface area (Å²) >= 11 is 0. The number of carbonyl (C=O) groups is 1. The summed E-state index contributed by atoms with van der Waals surface area (Å²) in [5.74, 6) is -0.0310. The number of sulfonamides is 1. The molecule has 23 heavy (non-hydrogen) atoms. The van der Waals surface area contributed by atoms with Crippen LogP contribution in [-0.2, 0) is 14.8 Å². The summed E-state index contributed by atoms with van der Waals surface area (Å²) in [4.78, 5) is 11.6. The van der Waals surface area contributed by atoms with Crippen LogP contribution in [0.5, 0.6) is 5.75 Å². The number of hydrogen-bond acceptors (Lipinski definition) is 4. The number of ether oxygens (including phenoxy) is 1. The highest BCUT2D eigenvalue weighted by Crippen LogP contribution is 2.13. The number of benzene rings is 1. The van der Waals surface area contributed by atoms with E-state index in [1.54, 1.807) is 0 Å². The average molecular weight is 344 g/mol. The van der Waals surface area contributed by atoms with Crippen LogP contribution in [0.15, 0.2) is 24.3 Å². The summed E-state index contributed by atoms with van der Waals surface area (Å²) in [7, 11) is -3.11. The van der Waals surface area contributed by atoms with Crippen molar-refractivity contribution >= 4 is 15.9 Å². The summed E-state index contributed by atoms with van der Waals surface area (Å²) in [5, 5.41) is 2.67. The second-order valence-corrected chi connectivity index (χ2v) is 7.46. The number of halogens is 1. The third-order valence-corrected chi connectivity index (χ3v) is 5.50. The Kier molecular flexibility index (Phi) is 6.35. The van der Waals surface area contributed by atoms with Crippen molar-refractivity contribution < 1.29 is 22.3 Å². The maximum atomic E-state index is 12.7. The summed E-state index contributed by atoms with van der Waals surface area (Å²) in [6, 6.07) is 5.41. The van der Waals surface area contributed by atoms with Gasteiger partial charge in [-0.2, -0.15) is 0 Å². The van der Waals surface area contributed by atoms with E-state index < -0.39 is 10.0 Å². The Morgan fingerprint density at radius 2 is 2.00 bits per heavy atom. The van der Waals surface area contributed by atoms with Crippen molar-refractivity contribution in [2.75, 3.05) is 32.0 Å². The van der Waals surface area contributed by atoms with Gasteiger partial charge in [-0.1, -0.05) is 0 Å². The first-order valence-electron chi connectivity index (χ1n) is 7.60. The normalized spacial score (nSPS) is 17.6. The van der Waals surface area contributed by atoms with E-state index in [1.165, 1.54) is 28.6 Å². The second-order valence-electron chi connectivity index (χ2n) is 5.37. The van der Waals surface area contributed by atoms with Crippen LogP contribution in [0.3, 0.4) is 0 Å². The molecule has 0 bridgehead atoms. The predicted octanol–water partition coefficient (Wildman–Crippen LogP) is 1.14. The SMILES string of the molecule is O=C(COc1ccc(F)cc1)NCCCN1CCCCS1(=O)=O. The maximum absolute atomic E-state index is 12.7. The van der Waals surface area contributed by atoms with Gasteiger partial charge in [-0.25, -0.2) is 17.1 Å². The van der Waals surface area contributed by atoms with Crippen molar-refractivity contribution in [1.29, 1.82) is 0 Å². The Labute approximate surface area is 135 Å². The van der Waals surface area contributed by atoms with Gasteiger partial charge in [0.15, 0.2) is 6.61 Å². The Balaban J connectivity index is 1.62. The molecular formula is C15H21FN2O4S. The molecule has 0 atom stereocenters. The molecule has 128 valence electrons. The number of rotatable bonds is 7. The van der Waals surface area contributed by atoms with Crippen LogP contribution < -0.4 is 10.1 Å². The molecule has 1 aliphatic heterocycles. The fourth-order valence-electron chi connectivity index (χ4n) is 2.31. The minimum Gasteiger partial charge on any atom is -0.484 e. The lowest BCUT2D eigenvalue weighted by atomic mass is 10.3. The smallest absolute Gasteiger partial charge is 0.257 e. The molecule has 0 aromatic heterocycles. The Bertz CT molecular complexity index is 619. The van der Waals surface area contributed by atoms with Gasteiger partial charge in [-0.3, -0.25) is 4.79 Å². The molecule has 1 aromatic carbocycles. The van der Waals surface area contributed by atoms with Crippen LogP contribution in [0.1, 0.15) is 19.3 Å². The topological polar surface area (TPSA) is 75.7 Å². The fourth-order valence-corrected chi connectivity index (χ4v) is 3.95. The van der Waals surface area contributed by atoms with Crippen LogP contribution in [0.2, 0.25) is 0 Å². The highest BCUT2D eigenvalue weighted by Gasteiger charge is 2.24. The molecule has 0 radical (unpaired) electrons. The fraction of sp³-hybridized carbons (Fsp3) is 0.533. The first-order chi connectivity index (χ1) is 11.0. The largest absolute Gasteiger partial charge is 0.484 e. The minimum absolute atomic E-state index is 0.159. The number of carbonyl (C=O) groups excluding carboxylic acids is 1. The Hall–Kier alpha value is -1.67. The van der Waals surface area contributed by atoms with E-state index in [-0.39, 0.29) is 24.1 Å². The van der Waals surface area contributed by atoms with Crippen LogP contribution >= 0.6 is 0 Å². The molecule has 1 aromatic rings. The molecular weight excluding hydrogens is 323 g/mol. The quantitative estimate of drug-likeness (QED) is 0.753. The summed E-state index contributed by atoms with van der Waals surface area (Å²) in [6.45, 7) is 1.21. The zero-order chi connectivity index (χ0) is 16.7. The number of amides is 1. The highest BCUT2D eigenvalue weighted by atomic mass is 32.2. The van der Waals surface area contributed by atoms with Crippen molar-refractivity contribution in [2.24, 2.45) is 0 Å². The summed E-state index contributed by atoms with van der Waals surface area (Å²) in [6.07, 6.45) is 2.16. The van der Waals surface area contributed by atoms with Gasteiger partial charge in [-0.15, -0.1) is 0 Å². The first-order valence-corrected chi connectivity index (χ1v) is 9.21. The molecule has 0 spiro atoms. The van der Waals surface area contributed by atoms with Crippen molar-refractivity contribution in [1.82, 2.24) is 9.62 Å². The predicted molar refractivity (Wildman–Crippen MR) is 84.1 cm³/mol. The van der Waals surface area contributed by atoms with Gasteiger partial charge in [0.1, 0.15) is 11.6 Å². The monoisotopic (exact) mass is 344 g/mol. The molecule has 1 saturated heterocycles. The summed E-state index contributed by atoms with van der Waals surface area (Å²) in [5.41, 5.74) is 0. The van der Waals surface area contributed by atoms with Crippen molar-refractivity contribution in [2.45, 2.75) is 19.3 Å². The van der Waals surface area contributed by atoms with Crippen molar-refractivity contribution in [3.8, 4) is 5.75 Å². The van der Waals surface area contributed by atoms with Gasteiger partial charge in [0, 0.05) is 19.6 Å². The average Bonchev–Trinajstić information content (AvgIpc) is 2.52. The molecule has 8 heteroatoms. The Morgan fingerprint density at radius 1 is 1.26 bits per heavy atom. The zero-order valence-corrected chi connectivity index (χ0v) is 13.6. The van der Waals surface area contributed by atoms with Crippen molar-refractivity contribution in [3.05, 3.63) is 30.1 Å². The van der Waals surface area contributed by atoms with E-state index in [9.17, 15) is 17.6 Å². The molecule has 2 rings (SSSR count). The van der Waals surface area contributed by atoms with Crippen LogP contribution in [0.4, 0.5) is 4.39 Å². The van der Waals surface area contributed by atoms with Gasteiger partial charge in [0.2, 0.25) is 10.0 Å². The van der Waals surface area contributed by atoms with Crippen molar-refractivity contribution in [3.63, 3.8) is 0 Å². The molecule has 1 N–H and O–H groups in total. The molecule has 1 aliphatic rings. The van der Waals surface area contributed by atoms with Crippen LogP contribution in [0, 0.1) is 5.82 Å². The zero-order valence-electron chi connectivity index (χ0n) is 12.8. The van der Waals surface area contributed by atoms with Crippen LogP contribution in [-0.4, -0.2) is 50.6 Å². The van der Waals surface area contributed by atoms with Gasteiger partial charge >= 0.3 is 0 Å². The molecule has 1 fully saturated rings. The molecule has 0 aliphatic carbocycles. The molecule has 6 nitrogen and oxygen atoms in total. The van der Waals surface area contributed by atoms with E-state index in [0.717, 1.165) is 12.8 Å². The van der Waals surface area contributed by atoms with Gasteiger partial charge in [0.05, 0.1) is 5.75 Å². The minimum atomic E-state index is -3.11. The lowest BCUT2D eigenvalue weighted by Gasteiger charge is -2.26. The third-order valence-electron chi connectivity index (χ3n) is 3.54. The van der Waals surface area contributed by atoms with E-state index in [1.807, 2.05) is 0 Å².